The number of rotatable bonds is 6. The van der Waals surface area contributed by atoms with Crippen LogP contribution in [-0.2, 0) is 0 Å². The third kappa shape index (κ3) is 3.27. The first-order chi connectivity index (χ1) is 10.1. The highest BCUT2D eigenvalue weighted by Gasteiger charge is 2.13. The predicted octanol–water partition coefficient (Wildman–Crippen LogP) is 1.31. The van der Waals surface area contributed by atoms with E-state index in [-0.39, 0.29) is 0 Å². The summed E-state index contributed by atoms with van der Waals surface area (Å²) >= 11 is 0. The molecule has 0 bridgehead atoms. The highest BCUT2D eigenvalue weighted by atomic mass is 15.4. The molecular formula is C13H22N8. The molecule has 3 N–H and O–H groups in total. The molecular weight excluding hydrogens is 268 g/mol. The van der Waals surface area contributed by atoms with Crippen molar-refractivity contribution in [3.63, 3.8) is 0 Å². The number of nitrogens with zero attached hydrogens (tertiary/aromatic N) is 6. The fourth-order valence-corrected chi connectivity index (χ4v) is 1.93. The Morgan fingerprint density at radius 2 is 1.95 bits per heavy atom. The lowest BCUT2D eigenvalue weighted by Gasteiger charge is -2.19. The van der Waals surface area contributed by atoms with Crippen LogP contribution in [0.15, 0.2) is 12.3 Å². The number of hydrazine groups is 1. The van der Waals surface area contributed by atoms with Crippen molar-refractivity contribution in [3.05, 3.63) is 18.0 Å². The molecule has 0 fully saturated rings. The molecule has 0 radical (unpaired) electrons. The number of hydrogen-bond donors (Lipinski definition) is 2. The Labute approximate surface area is 124 Å². The van der Waals surface area contributed by atoms with Gasteiger partial charge < -0.3 is 4.90 Å². The zero-order valence-corrected chi connectivity index (χ0v) is 12.9. The van der Waals surface area contributed by atoms with Crippen LogP contribution in [0.25, 0.3) is 5.95 Å². The van der Waals surface area contributed by atoms with Crippen LogP contribution in [0, 0.1) is 0 Å². The highest BCUT2D eigenvalue weighted by molar-refractivity contribution is 5.39. The molecule has 0 atom stereocenters. The Balaban J connectivity index is 2.44. The van der Waals surface area contributed by atoms with Crippen LogP contribution in [0.3, 0.4) is 0 Å². The van der Waals surface area contributed by atoms with Crippen molar-refractivity contribution in [3.8, 4) is 5.95 Å². The lowest BCUT2D eigenvalue weighted by atomic mass is 10.1. The van der Waals surface area contributed by atoms with Crippen LogP contribution < -0.4 is 16.2 Å². The second kappa shape index (κ2) is 6.49. The van der Waals surface area contributed by atoms with E-state index in [1.807, 2.05) is 31.0 Å². The quantitative estimate of drug-likeness (QED) is 0.611. The SMILES string of the molecule is CCN(CC)c1nc(NN)nc(-n2ccc(C(C)C)n2)n1. The van der Waals surface area contributed by atoms with Gasteiger partial charge in [0.2, 0.25) is 11.9 Å². The monoisotopic (exact) mass is 290 g/mol. The fourth-order valence-electron chi connectivity index (χ4n) is 1.93. The largest absolute Gasteiger partial charge is 0.341 e. The minimum absolute atomic E-state index is 0.323. The molecule has 8 heteroatoms. The highest BCUT2D eigenvalue weighted by Crippen LogP contribution is 2.15. The Morgan fingerprint density at radius 3 is 2.48 bits per heavy atom. The number of nitrogens with one attached hydrogen (secondary N) is 1. The van der Waals surface area contributed by atoms with Gasteiger partial charge in [0.05, 0.1) is 5.69 Å². The normalized spacial score (nSPS) is 11.0. The van der Waals surface area contributed by atoms with Gasteiger partial charge in [-0.15, -0.1) is 0 Å². The second-order valence-corrected chi connectivity index (χ2v) is 4.92. The summed E-state index contributed by atoms with van der Waals surface area (Å²) in [5.74, 6) is 7.16. The molecule has 2 heterocycles. The summed E-state index contributed by atoms with van der Waals surface area (Å²) in [6, 6.07) is 1.96. The average Bonchev–Trinajstić information content (AvgIpc) is 2.98. The number of aromatic nitrogens is 5. The molecule has 2 rings (SSSR count). The first-order valence-electron chi connectivity index (χ1n) is 7.12. The van der Waals surface area contributed by atoms with E-state index in [0.29, 0.717) is 23.8 Å². The first kappa shape index (κ1) is 15.2. The van der Waals surface area contributed by atoms with Gasteiger partial charge in [-0.3, -0.25) is 5.43 Å². The number of nitrogens with two attached hydrogens (primary N) is 1. The van der Waals surface area contributed by atoms with Crippen molar-refractivity contribution in [2.75, 3.05) is 23.4 Å². The van der Waals surface area contributed by atoms with E-state index >= 15 is 0 Å². The molecule has 0 spiro atoms. The number of anilines is 2. The van der Waals surface area contributed by atoms with E-state index in [1.165, 1.54) is 0 Å². The summed E-state index contributed by atoms with van der Waals surface area (Å²) in [6.07, 6.45) is 1.84. The Morgan fingerprint density at radius 1 is 1.24 bits per heavy atom. The van der Waals surface area contributed by atoms with Crippen molar-refractivity contribution >= 4 is 11.9 Å². The van der Waals surface area contributed by atoms with Crippen molar-refractivity contribution in [2.24, 2.45) is 5.84 Å². The number of nitrogen functional groups attached to an aromatic ring is 1. The smallest absolute Gasteiger partial charge is 0.257 e. The Hall–Kier alpha value is -2.22. The number of hydrogen-bond acceptors (Lipinski definition) is 7. The molecule has 0 saturated carbocycles. The van der Waals surface area contributed by atoms with Gasteiger partial charge in [-0.1, -0.05) is 13.8 Å². The van der Waals surface area contributed by atoms with E-state index in [4.69, 9.17) is 5.84 Å². The molecule has 0 saturated heterocycles. The van der Waals surface area contributed by atoms with E-state index in [1.54, 1.807) is 4.68 Å². The van der Waals surface area contributed by atoms with Gasteiger partial charge in [0, 0.05) is 19.3 Å². The van der Waals surface area contributed by atoms with E-state index in [0.717, 1.165) is 18.8 Å². The summed E-state index contributed by atoms with van der Waals surface area (Å²) < 4.78 is 1.64. The molecule has 21 heavy (non-hydrogen) atoms. The lowest BCUT2D eigenvalue weighted by Crippen LogP contribution is -2.26. The zero-order valence-electron chi connectivity index (χ0n) is 12.9. The summed E-state index contributed by atoms with van der Waals surface area (Å²) in [6.45, 7) is 9.89. The summed E-state index contributed by atoms with van der Waals surface area (Å²) in [4.78, 5) is 15.1. The van der Waals surface area contributed by atoms with Gasteiger partial charge in [-0.05, 0) is 25.8 Å². The van der Waals surface area contributed by atoms with Crippen molar-refractivity contribution in [2.45, 2.75) is 33.6 Å². The standard InChI is InChI=1S/C13H22N8/c1-5-20(6-2)12-15-11(18-14)16-13(17-12)21-8-7-10(19-21)9(3)4/h7-9H,5-6,14H2,1-4H3,(H,15,16,17,18). The fraction of sp³-hybridized carbons (Fsp3) is 0.538. The third-order valence-corrected chi connectivity index (χ3v) is 3.19. The van der Waals surface area contributed by atoms with Gasteiger partial charge in [0.25, 0.3) is 5.95 Å². The summed E-state index contributed by atoms with van der Waals surface area (Å²) in [5.41, 5.74) is 3.47. The van der Waals surface area contributed by atoms with E-state index in [9.17, 15) is 0 Å². The lowest BCUT2D eigenvalue weighted by molar-refractivity contribution is 0.728. The Kier molecular flexibility index (Phi) is 4.69. The first-order valence-corrected chi connectivity index (χ1v) is 7.12. The van der Waals surface area contributed by atoms with Gasteiger partial charge in [0.15, 0.2) is 0 Å². The average molecular weight is 290 g/mol. The van der Waals surface area contributed by atoms with Crippen molar-refractivity contribution < 1.29 is 0 Å². The predicted molar refractivity (Wildman–Crippen MR) is 82.4 cm³/mol. The Bertz CT molecular complexity index is 588. The van der Waals surface area contributed by atoms with Crippen LogP contribution in [0.2, 0.25) is 0 Å². The maximum Gasteiger partial charge on any atom is 0.257 e. The molecule has 0 aliphatic heterocycles. The molecule has 0 amide bonds. The van der Waals surface area contributed by atoms with Crippen LogP contribution >= 0.6 is 0 Å². The van der Waals surface area contributed by atoms with Gasteiger partial charge in [0.1, 0.15) is 0 Å². The van der Waals surface area contributed by atoms with Crippen LogP contribution in [-0.4, -0.2) is 37.8 Å². The zero-order chi connectivity index (χ0) is 15.4. The molecule has 2 aromatic rings. The van der Waals surface area contributed by atoms with Crippen molar-refractivity contribution in [1.82, 2.24) is 24.7 Å². The molecule has 114 valence electrons. The maximum absolute atomic E-state index is 5.45. The molecule has 0 aliphatic carbocycles. The maximum atomic E-state index is 5.45. The van der Waals surface area contributed by atoms with Crippen LogP contribution in [0.5, 0.6) is 0 Å². The van der Waals surface area contributed by atoms with Crippen LogP contribution in [0.4, 0.5) is 11.9 Å². The molecule has 8 nitrogen and oxygen atoms in total. The van der Waals surface area contributed by atoms with Gasteiger partial charge in [-0.25, -0.2) is 10.5 Å². The summed E-state index contributed by atoms with van der Waals surface area (Å²) in [5, 5.41) is 4.48. The summed E-state index contributed by atoms with van der Waals surface area (Å²) in [7, 11) is 0. The molecule has 0 aliphatic rings. The molecule has 0 unspecified atom stereocenters. The minimum Gasteiger partial charge on any atom is -0.341 e. The van der Waals surface area contributed by atoms with E-state index < -0.39 is 0 Å². The van der Waals surface area contributed by atoms with Crippen LogP contribution in [0.1, 0.15) is 39.3 Å². The molecule has 0 aromatic carbocycles. The van der Waals surface area contributed by atoms with Gasteiger partial charge >= 0.3 is 0 Å². The van der Waals surface area contributed by atoms with Gasteiger partial charge in [-0.2, -0.15) is 20.1 Å². The van der Waals surface area contributed by atoms with E-state index in [2.05, 4.69) is 39.3 Å². The minimum atomic E-state index is 0.323. The van der Waals surface area contributed by atoms with Crippen molar-refractivity contribution in [1.29, 1.82) is 0 Å². The third-order valence-electron chi connectivity index (χ3n) is 3.19. The second-order valence-electron chi connectivity index (χ2n) is 4.92. The topological polar surface area (TPSA) is 97.8 Å². The molecule has 2 aromatic heterocycles.